The van der Waals surface area contributed by atoms with Crippen LogP contribution in [0.2, 0.25) is 5.02 Å². The van der Waals surface area contributed by atoms with Crippen molar-refractivity contribution < 1.29 is 0 Å². The van der Waals surface area contributed by atoms with Gasteiger partial charge in [-0.1, -0.05) is 71.4 Å². The summed E-state index contributed by atoms with van der Waals surface area (Å²) in [7, 11) is 0. The van der Waals surface area contributed by atoms with Gasteiger partial charge >= 0.3 is 0 Å². The molecule has 3 aromatic rings. The molecule has 0 aliphatic carbocycles. The molecule has 0 N–H and O–H groups in total. The molecule has 1 aromatic heterocycles. The highest BCUT2D eigenvalue weighted by Gasteiger charge is 2.05. The molecule has 0 saturated carbocycles. The van der Waals surface area contributed by atoms with Crippen LogP contribution in [0.5, 0.6) is 0 Å². The number of thioether (sulfide) groups is 1. The third kappa shape index (κ3) is 4.21. The lowest BCUT2D eigenvalue weighted by molar-refractivity contribution is 0.767. The highest BCUT2D eigenvalue weighted by atomic mass is 35.5. The molecule has 0 aliphatic rings. The van der Waals surface area contributed by atoms with E-state index in [4.69, 9.17) is 11.6 Å². The fourth-order valence-electron chi connectivity index (χ4n) is 1.93. The minimum absolute atomic E-state index is 0.665. The van der Waals surface area contributed by atoms with Gasteiger partial charge in [-0.25, -0.2) is 0 Å². The van der Waals surface area contributed by atoms with E-state index in [9.17, 15) is 0 Å². The molecule has 3 rings (SSSR count). The molecule has 6 heteroatoms. The van der Waals surface area contributed by atoms with E-state index < -0.39 is 0 Å². The fraction of sp³-hybridized carbons (Fsp3) is 0.118. The normalized spacial score (nSPS) is 11.2. The van der Waals surface area contributed by atoms with Crippen molar-refractivity contribution in [1.82, 2.24) is 14.9 Å². The van der Waals surface area contributed by atoms with Gasteiger partial charge in [-0.2, -0.15) is 9.78 Å². The fourth-order valence-corrected chi connectivity index (χ4v) is 2.93. The SMILES string of the molecule is Cc1ccc(CSc2nncn2N=Cc2ccccc2Cl)cc1. The van der Waals surface area contributed by atoms with Gasteiger partial charge in [0.2, 0.25) is 5.16 Å². The maximum absolute atomic E-state index is 6.12. The third-order valence-corrected chi connectivity index (χ3v) is 4.56. The Morgan fingerprint density at radius 2 is 1.96 bits per heavy atom. The Labute approximate surface area is 144 Å². The Kier molecular flexibility index (Phi) is 5.10. The molecule has 116 valence electrons. The van der Waals surface area contributed by atoms with Crippen molar-refractivity contribution in [3.05, 3.63) is 76.6 Å². The van der Waals surface area contributed by atoms with Crippen molar-refractivity contribution in [2.75, 3.05) is 0 Å². The second kappa shape index (κ2) is 7.44. The van der Waals surface area contributed by atoms with Gasteiger partial charge in [-0.15, -0.1) is 10.2 Å². The van der Waals surface area contributed by atoms with Crippen LogP contribution in [0.25, 0.3) is 0 Å². The number of hydrogen-bond acceptors (Lipinski definition) is 4. The monoisotopic (exact) mass is 342 g/mol. The first-order valence-electron chi connectivity index (χ1n) is 7.09. The maximum Gasteiger partial charge on any atom is 0.212 e. The Balaban J connectivity index is 1.70. The molecule has 4 nitrogen and oxygen atoms in total. The van der Waals surface area contributed by atoms with E-state index in [0.29, 0.717) is 5.02 Å². The molecular formula is C17H15ClN4S. The molecule has 0 fully saturated rings. The molecule has 0 radical (unpaired) electrons. The van der Waals surface area contributed by atoms with Gasteiger partial charge in [0.1, 0.15) is 6.33 Å². The van der Waals surface area contributed by atoms with Crippen LogP contribution in [0.1, 0.15) is 16.7 Å². The molecule has 0 saturated heterocycles. The highest BCUT2D eigenvalue weighted by molar-refractivity contribution is 7.98. The summed E-state index contributed by atoms with van der Waals surface area (Å²) in [5.41, 5.74) is 3.36. The van der Waals surface area contributed by atoms with Gasteiger partial charge in [0.15, 0.2) is 0 Å². The van der Waals surface area contributed by atoms with Crippen LogP contribution >= 0.6 is 23.4 Å². The highest BCUT2D eigenvalue weighted by Crippen LogP contribution is 2.21. The first-order chi connectivity index (χ1) is 11.2. The average Bonchev–Trinajstić information content (AvgIpc) is 3.01. The largest absolute Gasteiger partial charge is 0.212 e. The van der Waals surface area contributed by atoms with Crippen molar-refractivity contribution in [2.45, 2.75) is 17.8 Å². The van der Waals surface area contributed by atoms with Gasteiger partial charge in [0, 0.05) is 16.3 Å². The van der Waals surface area contributed by atoms with Gasteiger partial charge in [0.25, 0.3) is 0 Å². The third-order valence-electron chi connectivity index (χ3n) is 3.22. The standard InChI is InChI=1S/C17H15ClN4S/c1-13-6-8-14(9-7-13)11-23-17-21-19-12-22(17)20-10-15-4-2-3-5-16(15)18/h2-10,12H,11H2,1H3. The maximum atomic E-state index is 6.12. The number of halogens is 1. The summed E-state index contributed by atoms with van der Waals surface area (Å²) in [6.07, 6.45) is 3.30. The molecule has 1 heterocycles. The summed E-state index contributed by atoms with van der Waals surface area (Å²) in [4.78, 5) is 0. The molecule has 0 spiro atoms. The number of rotatable bonds is 5. The first-order valence-corrected chi connectivity index (χ1v) is 8.46. The van der Waals surface area contributed by atoms with Crippen molar-refractivity contribution in [3.8, 4) is 0 Å². The van der Waals surface area contributed by atoms with E-state index in [1.54, 1.807) is 29.0 Å². The first kappa shape index (κ1) is 15.8. The second-order valence-corrected chi connectivity index (χ2v) is 6.35. The van der Waals surface area contributed by atoms with Gasteiger partial charge < -0.3 is 0 Å². The smallest absolute Gasteiger partial charge is 0.195 e. The summed E-state index contributed by atoms with van der Waals surface area (Å²) in [6.45, 7) is 2.08. The van der Waals surface area contributed by atoms with Crippen LogP contribution < -0.4 is 0 Å². The zero-order valence-electron chi connectivity index (χ0n) is 12.6. The minimum atomic E-state index is 0.665. The number of hydrogen-bond donors (Lipinski definition) is 0. The number of nitrogens with zero attached hydrogens (tertiary/aromatic N) is 4. The van der Waals surface area contributed by atoms with Crippen molar-refractivity contribution in [2.24, 2.45) is 5.10 Å². The van der Waals surface area contributed by atoms with E-state index in [2.05, 4.69) is 46.5 Å². The zero-order valence-corrected chi connectivity index (χ0v) is 14.1. The molecular weight excluding hydrogens is 328 g/mol. The van der Waals surface area contributed by atoms with Crippen LogP contribution in [0.15, 0.2) is 65.1 Å². The summed E-state index contributed by atoms with van der Waals surface area (Å²) < 4.78 is 1.65. The summed E-state index contributed by atoms with van der Waals surface area (Å²) in [5.74, 6) is 0.820. The van der Waals surface area contributed by atoms with Crippen LogP contribution in [-0.4, -0.2) is 21.1 Å². The van der Waals surface area contributed by atoms with E-state index >= 15 is 0 Å². The van der Waals surface area contributed by atoms with Crippen molar-refractivity contribution in [1.29, 1.82) is 0 Å². The van der Waals surface area contributed by atoms with Gasteiger partial charge in [-0.3, -0.25) is 0 Å². The van der Waals surface area contributed by atoms with Crippen LogP contribution in [0, 0.1) is 6.92 Å². The predicted octanol–water partition coefficient (Wildman–Crippen LogP) is 4.41. The lowest BCUT2D eigenvalue weighted by atomic mass is 10.2. The quantitative estimate of drug-likeness (QED) is 0.509. The summed E-state index contributed by atoms with van der Waals surface area (Å²) in [5, 5.41) is 13.8. The van der Waals surface area contributed by atoms with E-state index in [0.717, 1.165) is 16.5 Å². The minimum Gasteiger partial charge on any atom is -0.195 e. The van der Waals surface area contributed by atoms with Crippen LogP contribution in [0.3, 0.4) is 0 Å². The number of benzene rings is 2. The summed E-state index contributed by atoms with van der Waals surface area (Å²) >= 11 is 7.72. The molecule has 0 unspecified atom stereocenters. The number of aryl methyl sites for hydroxylation is 1. The molecule has 0 aliphatic heterocycles. The second-order valence-electron chi connectivity index (χ2n) is 5.00. The Hall–Kier alpha value is -2.11. The van der Waals surface area contributed by atoms with Crippen LogP contribution in [-0.2, 0) is 5.75 Å². The lowest BCUT2D eigenvalue weighted by Gasteiger charge is -2.02. The van der Waals surface area contributed by atoms with Gasteiger partial charge in [-0.05, 0) is 18.6 Å². The van der Waals surface area contributed by atoms with Gasteiger partial charge in [0.05, 0.1) is 6.21 Å². The van der Waals surface area contributed by atoms with Crippen LogP contribution in [0.4, 0.5) is 0 Å². The topological polar surface area (TPSA) is 43.1 Å². The zero-order chi connectivity index (χ0) is 16.1. The van der Waals surface area contributed by atoms with E-state index in [1.165, 1.54) is 11.1 Å². The van der Waals surface area contributed by atoms with Crippen molar-refractivity contribution >= 4 is 29.6 Å². The molecule has 2 aromatic carbocycles. The van der Waals surface area contributed by atoms with E-state index in [1.807, 2.05) is 24.3 Å². The molecule has 23 heavy (non-hydrogen) atoms. The molecule has 0 amide bonds. The lowest BCUT2D eigenvalue weighted by Crippen LogP contribution is -1.93. The molecule has 0 bridgehead atoms. The average molecular weight is 343 g/mol. The molecule has 0 atom stereocenters. The van der Waals surface area contributed by atoms with Crippen molar-refractivity contribution in [3.63, 3.8) is 0 Å². The Bertz CT molecular complexity index is 811. The predicted molar refractivity (Wildman–Crippen MR) is 95.2 cm³/mol. The summed E-state index contributed by atoms with van der Waals surface area (Å²) in [6, 6.07) is 16.0. The van der Waals surface area contributed by atoms with E-state index in [-0.39, 0.29) is 0 Å². The Morgan fingerprint density at radius 3 is 2.74 bits per heavy atom. The number of aromatic nitrogens is 3. The Morgan fingerprint density at radius 1 is 1.17 bits per heavy atom.